The highest BCUT2D eigenvalue weighted by molar-refractivity contribution is 8.01. The lowest BCUT2D eigenvalue weighted by Crippen LogP contribution is -2.28. The van der Waals surface area contributed by atoms with Crippen molar-refractivity contribution < 1.29 is 23.7 Å². The Morgan fingerprint density at radius 3 is 0.981 bits per heavy atom. The summed E-state index contributed by atoms with van der Waals surface area (Å²) in [5, 5.41) is -0.0362. The highest BCUT2D eigenvalue weighted by atomic mass is 31.2. The first-order chi connectivity index (χ1) is 24.7. The van der Waals surface area contributed by atoms with Crippen LogP contribution in [0.25, 0.3) is 0 Å². The van der Waals surface area contributed by atoms with Gasteiger partial charge in [-0.1, -0.05) is 70.8 Å². The van der Waals surface area contributed by atoms with Gasteiger partial charge in [-0.15, -0.1) is 0 Å². The van der Waals surface area contributed by atoms with Gasteiger partial charge in [-0.2, -0.15) is 0 Å². The zero-order valence-electron chi connectivity index (χ0n) is 33.3. The zero-order valence-corrected chi connectivity index (χ0v) is 34.2. The summed E-state index contributed by atoms with van der Waals surface area (Å²) in [4.78, 5) is 59.9. The maximum Gasteiger partial charge on any atom is 0.248 e. The highest BCUT2D eigenvalue weighted by Gasteiger charge is 2.47. The summed E-state index contributed by atoms with van der Waals surface area (Å²) in [7, 11) is -4.75. The quantitative estimate of drug-likeness (QED) is 0.112. The van der Waals surface area contributed by atoms with E-state index in [0.29, 0.717) is 33.4 Å². The minimum Gasteiger partial charge on any atom is -0.302 e. The number of carbonyl (C=O) groups is 4. The first kappa shape index (κ1) is 39.2. The normalized spacial score (nSPS) is 11.5. The Balaban J connectivity index is 1.93. The van der Waals surface area contributed by atoms with Crippen LogP contribution in [-0.4, -0.2) is 22.6 Å². The Morgan fingerprint density at radius 1 is 0.377 bits per heavy atom. The second-order valence-corrected chi connectivity index (χ2v) is 17.6. The molecule has 5 rings (SSSR count). The molecular formula is C47H49O5P. The van der Waals surface area contributed by atoms with Gasteiger partial charge in [-0.3, -0.25) is 19.2 Å². The average Bonchev–Trinajstić information content (AvgIpc) is 3.02. The maximum absolute atomic E-state index is 16.1. The van der Waals surface area contributed by atoms with Gasteiger partial charge in [-0.25, -0.2) is 0 Å². The molecule has 0 saturated carbocycles. The Hall–Kier alpha value is -4.99. The van der Waals surface area contributed by atoms with E-state index in [1.807, 2.05) is 104 Å². The Bertz CT molecular complexity index is 2310. The van der Waals surface area contributed by atoms with E-state index in [2.05, 4.69) is 0 Å². The molecule has 0 N–H and O–H groups in total. The van der Waals surface area contributed by atoms with Crippen molar-refractivity contribution in [3.8, 4) is 0 Å². The molecule has 0 aliphatic carbocycles. The van der Waals surface area contributed by atoms with Crippen LogP contribution in [0.2, 0.25) is 0 Å². The van der Waals surface area contributed by atoms with Gasteiger partial charge in [0.1, 0.15) is 0 Å². The van der Waals surface area contributed by atoms with Crippen molar-refractivity contribution in [2.45, 2.75) is 90.0 Å². The first-order valence-electron chi connectivity index (χ1n) is 17.9. The molecule has 6 heteroatoms. The molecule has 0 aliphatic rings. The monoisotopic (exact) mass is 724 g/mol. The lowest BCUT2D eigenvalue weighted by Gasteiger charge is -2.25. The summed E-state index contributed by atoms with van der Waals surface area (Å²) in [6.07, 6.45) is 0. The lowest BCUT2D eigenvalue weighted by atomic mass is 9.85. The molecular weight excluding hydrogens is 675 g/mol. The Morgan fingerprint density at radius 2 is 0.660 bits per heavy atom. The SMILES string of the molecule is Cc1cc(C)c(C(=O)c2ccc(P(=O)(C(=O)c3c(C)cc(C)cc3C)C(=O)c3c(C)cc(C)cc3C)c(C)c2C(=O)c2c(C)cc(C)cc2C)c(C)c1. The van der Waals surface area contributed by atoms with E-state index in [0.717, 1.165) is 44.5 Å². The molecule has 0 fully saturated rings. The molecule has 0 saturated heterocycles. The fraction of sp³-hybridized carbons (Fsp3) is 0.277. The molecule has 5 nitrogen and oxygen atoms in total. The summed E-state index contributed by atoms with van der Waals surface area (Å²) < 4.78 is 16.1. The fourth-order valence-electron chi connectivity index (χ4n) is 8.52. The van der Waals surface area contributed by atoms with Crippen LogP contribution in [0.3, 0.4) is 0 Å². The molecule has 272 valence electrons. The molecule has 0 bridgehead atoms. The summed E-state index contributed by atoms with van der Waals surface area (Å²) in [5.74, 6) is -0.787. The van der Waals surface area contributed by atoms with Gasteiger partial charge < -0.3 is 4.57 Å². The van der Waals surface area contributed by atoms with Gasteiger partial charge in [-0.05, 0) is 152 Å². The Kier molecular flexibility index (Phi) is 10.7. The topological polar surface area (TPSA) is 85.3 Å². The fourth-order valence-corrected chi connectivity index (χ4v) is 11.3. The van der Waals surface area contributed by atoms with Gasteiger partial charge in [0.25, 0.3) is 0 Å². The van der Waals surface area contributed by atoms with Crippen molar-refractivity contribution in [2.24, 2.45) is 0 Å². The standard InChI is InChI=1S/C47H49O5P/c1-24-16-28(5)39(29(6)17-24)44(48)37-14-15-38(36(13)43(37)45(49)40-30(7)18-25(2)19-31(40)8)53(52,46(50)41-32(9)20-26(3)21-33(41)10)47(51)42-34(11)22-27(4)23-35(42)12/h14-23H,1-13H3. The molecule has 53 heavy (non-hydrogen) atoms. The van der Waals surface area contributed by atoms with E-state index < -0.39 is 24.0 Å². The molecule has 0 heterocycles. The van der Waals surface area contributed by atoms with Crippen LogP contribution in [0.5, 0.6) is 0 Å². The number of rotatable bonds is 9. The third-order valence-corrected chi connectivity index (χ3v) is 13.2. The zero-order chi connectivity index (χ0) is 39.4. The predicted molar refractivity (Wildman–Crippen MR) is 217 cm³/mol. The minimum absolute atomic E-state index is 0.0362. The van der Waals surface area contributed by atoms with Crippen molar-refractivity contribution in [1.82, 2.24) is 0 Å². The molecule has 5 aromatic carbocycles. The molecule has 0 radical (unpaired) electrons. The van der Waals surface area contributed by atoms with Crippen LogP contribution in [0.15, 0.2) is 60.7 Å². The molecule has 0 atom stereocenters. The van der Waals surface area contributed by atoms with E-state index in [1.165, 1.54) is 12.1 Å². The van der Waals surface area contributed by atoms with Gasteiger partial charge in [0.05, 0.1) is 0 Å². The van der Waals surface area contributed by atoms with Crippen molar-refractivity contribution >= 4 is 35.1 Å². The number of carbonyl (C=O) groups excluding carboxylic acids is 4. The maximum atomic E-state index is 16.1. The molecule has 0 aliphatic heterocycles. The van der Waals surface area contributed by atoms with Crippen molar-refractivity contribution in [3.63, 3.8) is 0 Å². The van der Waals surface area contributed by atoms with E-state index in [9.17, 15) is 4.79 Å². The first-order valence-corrected chi connectivity index (χ1v) is 19.7. The summed E-state index contributed by atoms with van der Waals surface area (Å²) in [6.45, 7) is 23.9. The van der Waals surface area contributed by atoms with E-state index in [-0.39, 0.29) is 38.9 Å². The van der Waals surface area contributed by atoms with Crippen LogP contribution >= 0.6 is 7.14 Å². The number of aryl methyl sites for hydroxylation is 12. The second kappa shape index (κ2) is 14.4. The minimum atomic E-state index is -4.75. The highest BCUT2D eigenvalue weighted by Crippen LogP contribution is 2.54. The van der Waals surface area contributed by atoms with Crippen LogP contribution in [-0.2, 0) is 4.57 Å². The van der Waals surface area contributed by atoms with Gasteiger partial charge in [0.15, 0.2) is 11.6 Å². The third-order valence-electron chi connectivity index (χ3n) is 10.4. The van der Waals surface area contributed by atoms with Gasteiger partial charge in [0, 0.05) is 38.7 Å². The van der Waals surface area contributed by atoms with Crippen molar-refractivity contribution in [3.05, 3.63) is 166 Å². The molecule has 0 amide bonds. The second-order valence-electron chi connectivity index (χ2n) is 15.1. The largest absolute Gasteiger partial charge is 0.302 e. The molecule has 0 spiro atoms. The third kappa shape index (κ3) is 6.84. The number of benzene rings is 5. The lowest BCUT2D eigenvalue weighted by molar-refractivity contribution is 0.100. The average molecular weight is 725 g/mol. The van der Waals surface area contributed by atoms with Crippen LogP contribution in [0.4, 0.5) is 0 Å². The van der Waals surface area contributed by atoms with Gasteiger partial charge in [0.2, 0.25) is 18.2 Å². The Labute approximate surface area is 314 Å². The van der Waals surface area contributed by atoms with Crippen molar-refractivity contribution in [2.75, 3.05) is 0 Å². The molecule has 5 aromatic rings. The summed E-state index contributed by atoms with van der Waals surface area (Å²) >= 11 is 0. The number of hydrogen-bond acceptors (Lipinski definition) is 5. The summed E-state index contributed by atoms with van der Waals surface area (Å²) in [6, 6.07) is 18.0. The summed E-state index contributed by atoms with van der Waals surface area (Å²) in [5.41, 5.74) is 9.37. The van der Waals surface area contributed by atoms with Crippen LogP contribution in [0.1, 0.15) is 125 Å². The van der Waals surface area contributed by atoms with E-state index in [1.54, 1.807) is 34.6 Å². The molecule has 0 aromatic heterocycles. The molecule has 0 unspecified atom stereocenters. The van der Waals surface area contributed by atoms with Crippen molar-refractivity contribution in [1.29, 1.82) is 0 Å². The van der Waals surface area contributed by atoms with E-state index >= 15 is 18.9 Å². The van der Waals surface area contributed by atoms with Crippen LogP contribution < -0.4 is 5.30 Å². The number of ketones is 2. The predicted octanol–water partition coefficient (Wildman–Crippen LogP) is 10.8. The van der Waals surface area contributed by atoms with Gasteiger partial charge >= 0.3 is 0 Å². The van der Waals surface area contributed by atoms with E-state index in [4.69, 9.17) is 0 Å². The van der Waals surface area contributed by atoms with Crippen LogP contribution in [0, 0.1) is 90.0 Å². The number of hydrogen-bond donors (Lipinski definition) is 0. The smallest absolute Gasteiger partial charge is 0.248 e.